The molecule has 1 atom stereocenters. The van der Waals surface area contributed by atoms with Crippen LogP contribution in [0.15, 0.2) is 91.4 Å². The van der Waals surface area contributed by atoms with Crippen LogP contribution in [0, 0.1) is 5.21 Å². The first kappa shape index (κ1) is 37.6. The van der Waals surface area contributed by atoms with Crippen LogP contribution in [0.5, 0.6) is 0 Å². The zero-order valence-electron chi connectivity index (χ0n) is 30.5. The number of hydrogen-bond acceptors (Lipinski definition) is 7. The fourth-order valence-corrected chi connectivity index (χ4v) is 6.68. The third-order valence-corrected chi connectivity index (χ3v) is 9.34. The van der Waals surface area contributed by atoms with E-state index in [-0.39, 0.29) is 31.6 Å². The van der Waals surface area contributed by atoms with Crippen molar-refractivity contribution in [3.8, 4) is 22.3 Å². The summed E-state index contributed by atoms with van der Waals surface area (Å²) in [4.78, 5) is 27.7. The SMILES string of the molecule is CC(C)(C)OC(=O)N(CCC(=O)NCCCNc1cc(-c2cc[n+]([O-])cc2)cc2c1cnn2C1CCCCO1)Cc1ccc(-c2ccccc2)c(Cl)c1. The molecule has 1 aliphatic rings. The Kier molecular flexibility index (Phi) is 12.2. The Hall–Kier alpha value is -5.13. The van der Waals surface area contributed by atoms with Crippen molar-refractivity contribution in [2.45, 2.75) is 71.2 Å². The lowest BCUT2D eigenvalue weighted by molar-refractivity contribution is -0.605. The summed E-state index contributed by atoms with van der Waals surface area (Å²) in [5.41, 5.74) is 5.80. The average molecular weight is 739 g/mol. The minimum atomic E-state index is -0.687. The topological polar surface area (TPSA) is 125 Å². The lowest BCUT2D eigenvalue weighted by Gasteiger charge is -2.27. The molecule has 11 nitrogen and oxygen atoms in total. The van der Waals surface area contributed by atoms with Crippen molar-refractivity contribution >= 4 is 40.2 Å². The zero-order valence-corrected chi connectivity index (χ0v) is 31.3. The van der Waals surface area contributed by atoms with Gasteiger partial charge in [0.15, 0.2) is 18.6 Å². The summed E-state index contributed by atoms with van der Waals surface area (Å²) in [5, 5.41) is 24.5. The minimum absolute atomic E-state index is 0.119. The van der Waals surface area contributed by atoms with Crippen LogP contribution < -0.4 is 15.4 Å². The maximum atomic E-state index is 13.2. The van der Waals surface area contributed by atoms with E-state index in [1.54, 1.807) is 17.0 Å². The number of ether oxygens (including phenoxy) is 2. The summed E-state index contributed by atoms with van der Waals surface area (Å²) < 4.78 is 14.5. The monoisotopic (exact) mass is 738 g/mol. The van der Waals surface area contributed by atoms with Gasteiger partial charge in [0.2, 0.25) is 5.91 Å². The lowest BCUT2D eigenvalue weighted by atomic mass is 10.0. The van der Waals surface area contributed by atoms with E-state index in [4.69, 9.17) is 26.2 Å². The zero-order chi connectivity index (χ0) is 37.4. The number of carbonyl (C=O) groups is 2. The van der Waals surface area contributed by atoms with Crippen LogP contribution in [0.2, 0.25) is 5.02 Å². The van der Waals surface area contributed by atoms with Gasteiger partial charge >= 0.3 is 6.09 Å². The normalized spacial score (nSPS) is 14.5. The molecule has 6 rings (SSSR count). The Morgan fingerprint density at radius 2 is 1.81 bits per heavy atom. The number of benzene rings is 3. The van der Waals surface area contributed by atoms with Crippen LogP contribution in [0.1, 0.15) is 64.7 Å². The van der Waals surface area contributed by atoms with Crippen LogP contribution in [0.3, 0.4) is 0 Å². The molecule has 0 aliphatic carbocycles. The number of nitrogens with one attached hydrogen (secondary N) is 2. The van der Waals surface area contributed by atoms with Crippen LogP contribution >= 0.6 is 11.6 Å². The molecule has 0 radical (unpaired) electrons. The van der Waals surface area contributed by atoms with E-state index in [0.717, 1.165) is 68.4 Å². The predicted molar refractivity (Wildman–Crippen MR) is 207 cm³/mol. The highest BCUT2D eigenvalue weighted by Crippen LogP contribution is 2.34. The van der Waals surface area contributed by atoms with Gasteiger partial charge in [0.1, 0.15) is 5.60 Å². The van der Waals surface area contributed by atoms with Crippen molar-refractivity contribution in [3.63, 3.8) is 0 Å². The molecule has 2 aromatic heterocycles. The summed E-state index contributed by atoms with van der Waals surface area (Å²) in [7, 11) is 0. The summed E-state index contributed by atoms with van der Waals surface area (Å²) in [5.74, 6) is -0.158. The van der Waals surface area contributed by atoms with Crippen molar-refractivity contribution in [2.75, 3.05) is 31.6 Å². The van der Waals surface area contributed by atoms with Crippen LogP contribution in [-0.2, 0) is 20.8 Å². The molecule has 3 aromatic carbocycles. The van der Waals surface area contributed by atoms with Gasteiger partial charge in [-0.2, -0.15) is 9.83 Å². The van der Waals surface area contributed by atoms with E-state index in [0.29, 0.717) is 31.1 Å². The highest BCUT2D eigenvalue weighted by Gasteiger charge is 2.24. The highest BCUT2D eigenvalue weighted by atomic mass is 35.5. The molecule has 5 aromatic rings. The molecular weight excluding hydrogens is 692 g/mol. The Balaban J connectivity index is 1.05. The molecule has 2 amide bonds. The quantitative estimate of drug-likeness (QED) is 0.0711. The second-order valence-corrected chi connectivity index (χ2v) is 14.7. The number of amides is 2. The largest absolute Gasteiger partial charge is 0.619 e. The number of fused-ring (bicyclic) bond motifs is 1. The van der Waals surface area contributed by atoms with Crippen LogP contribution in [-0.4, -0.2) is 58.5 Å². The maximum Gasteiger partial charge on any atom is 0.410 e. The Labute approximate surface area is 315 Å². The summed E-state index contributed by atoms with van der Waals surface area (Å²) in [6.07, 6.45) is 8.04. The van der Waals surface area contributed by atoms with Crippen molar-refractivity contribution < 1.29 is 23.8 Å². The summed E-state index contributed by atoms with van der Waals surface area (Å²) >= 11 is 6.66. The molecule has 1 aliphatic heterocycles. The Morgan fingerprint density at radius 3 is 2.53 bits per heavy atom. The van der Waals surface area contributed by atoms with Crippen LogP contribution in [0.4, 0.5) is 10.5 Å². The molecule has 53 heavy (non-hydrogen) atoms. The lowest BCUT2D eigenvalue weighted by Crippen LogP contribution is -2.39. The predicted octanol–water partition coefficient (Wildman–Crippen LogP) is 8.10. The van der Waals surface area contributed by atoms with Gasteiger partial charge in [-0.1, -0.05) is 54.1 Å². The number of pyridine rings is 1. The first-order chi connectivity index (χ1) is 25.5. The maximum absolute atomic E-state index is 13.2. The molecule has 12 heteroatoms. The van der Waals surface area contributed by atoms with Gasteiger partial charge in [-0.05, 0) is 86.9 Å². The Morgan fingerprint density at radius 1 is 1.02 bits per heavy atom. The second-order valence-electron chi connectivity index (χ2n) is 14.3. The molecule has 0 bridgehead atoms. The third-order valence-electron chi connectivity index (χ3n) is 9.02. The molecule has 1 saturated heterocycles. The van der Waals surface area contributed by atoms with Crippen molar-refractivity contribution in [3.05, 3.63) is 107 Å². The molecule has 0 saturated carbocycles. The number of carbonyl (C=O) groups excluding carboxylic acids is 2. The third kappa shape index (κ3) is 10.1. The van der Waals surface area contributed by atoms with E-state index in [1.165, 1.54) is 12.4 Å². The van der Waals surface area contributed by atoms with Gasteiger partial charge in [0.05, 0.1) is 11.7 Å². The molecule has 2 N–H and O–H groups in total. The molecule has 278 valence electrons. The number of hydrogen-bond donors (Lipinski definition) is 2. The number of aromatic nitrogens is 3. The highest BCUT2D eigenvalue weighted by molar-refractivity contribution is 6.33. The molecule has 3 heterocycles. The molecule has 1 fully saturated rings. The van der Waals surface area contributed by atoms with E-state index in [1.807, 2.05) is 80.2 Å². The number of nitrogens with zero attached hydrogens (tertiary/aromatic N) is 4. The van der Waals surface area contributed by atoms with E-state index >= 15 is 0 Å². The van der Waals surface area contributed by atoms with Gasteiger partial charge in [0.25, 0.3) is 0 Å². The first-order valence-electron chi connectivity index (χ1n) is 18.2. The van der Waals surface area contributed by atoms with E-state index in [9.17, 15) is 14.8 Å². The first-order valence-corrected chi connectivity index (χ1v) is 18.6. The Bertz CT molecular complexity index is 2010. The second kappa shape index (κ2) is 17.1. The smallest absolute Gasteiger partial charge is 0.410 e. The number of halogens is 1. The molecular formula is C41H47ClN6O5. The fourth-order valence-electron chi connectivity index (χ4n) is 6.36. The van der Waals surface area contributed by atoms with Gasteiger partial charge in [-0.3, -0.25) is 4.79 Å². The van der Waals surface area contributed by atoms with Crippen molar-refractivity contribution in [2.24, 2.45) is 0 Å². The summed E-state index contributed by atoms with van der Waals surface area (Å²) in [6.45, 7) is 7.65. The van der Waals surface area contributed by atoms with Crippen LogP contribution in [0.25, 0.3) is 33.2 Å². The van der Waals surface area contributed by atoms with Gasteiger partial charge in [-0.15, -0.1) is 0 Å². The van der Waals surface area contributed by atoms with Gasteiger partial charge < -0.3 is 30.2 Å². The van der Waals surface area contributed by atoms with E-state index < -0.39 is 11.7 Å². The number of anilines is 1. The number of rotatable bonds is 13. The van der Waals surface area contributed by atoms with Gasteiger partial charge in [0, 0.05) is 73.0 Å². The summed E-state index contributed by atoms with van der Waals surface area (Å²) in [6, 6.07) is 23.4. The minimum Gasteiger partial charge on any atom is -0.619 e. The van der Waals surface area contributed by atoms with Crippen molar-refractivity contribution in [1.82, 2.24) is 20.0 Å². The average Bonchev–Trinajstić information content (AvgIpc) is 3.58. The molecule has 0 spiro atoms. The van der Waals surface area contributed by atoms with Gasteiger partial charge in [-0.25, -0.2) is 9.48 Å². The van der Waals surface area contributed by atoms with Crippen molar-refractivity contribution in [1.29, 1.82) is 0 Å². The van der Waals surface area contributed by atoms with E-state index in [2.05, 4.69) is 22.8 Å². The molecule has 1 unspecified atom stereocenters. The standard InChI is InChI=1S/C41H47ClN6O5/c1-41(2,3)53-40(50)46(28-29-13-14-33(35(42)24-29)31-10-5-4-6-11-31)20-17-38(49)44-19-9-18-43-36-25-32(30-15-21-47(51)22-16-30)26-37-34(36)27-45-48(37)39-12-7-8-23-52-39/h4-6,10-11,13-16,21-22,24-27,39,43H,7-9,12,17-20,23,28H2,1-3H3,(H,44,49). The fraction of sp³-hybridized carbons (Fsp3) is 0.366.